The molecule has 2 N–H and O–H groups in total. The van der Waals surface area contributed by atoms with Gasteiger partial charge in [0, 0.05) is 6.54 Å². The molecule has 0 aliphatic heterocycles. The zero-order chi connectivity index (χ0) is 10.8. The Kier molecular flexibility index (Phi) is 2.90. The van der Waals surface area contributed by atoms with Gasteiger partial charge in [0.15, 0.2) is 5.69 Å². The molecule has 1 aromatic heterocycles. The van der Waals surface area contributed by atoms with Gasteiger partial charge in [-0.25, -0.2) is 4.98 Å². The molecule has 14 heavy (non-hydrogen) atoms. The van der Waals surface area contributed by atoms with Crippen molar-refractivity contribution < 1.29 is 17.9 Å². The topological polar surface area (TPSA) is 61.0 Å². The SMILES string of the molecule is COc1cnc(CN)c(C(F)(F)F)n1. The van der Waals surface area contributed by atoms with Gasteiger partial charge in [0.25, 0.3) is 0 Å². The molecule has 4 nitrogen and oxygen atoms in total. The van der Waals surface area contributed by atoms with Crippen molar-refractivity contribution >= 4 is 0 Å². The first-order valence-electron chi connectivity index (χ1n) is 3.66. The van der Waals surface area contributed by atoms with Crippen LogP contribution in [0.15, 0.2) is 6.20 Å². The third-order valence-electron chi connectivity index (χ3n) is 1.50. The van der Waals surface area contributed by atoms with E-state index >= 15 is 0 Å². The number of halogens is 3. The second-order valence-corrected chi connectivity index (χ2v) is 2.41. The molecule has 0 saturated heterocycles. The van der Waals surface area contributed by atoms with Crippen molar-refractivity contribution in [3.63, 3.8) is 0 Å². The van der Waals surface area contributed by atoms with Crippen molar-refractivity contribution in [2.45, 2.75) is 12.7 Å². The van der Waals surface area contributed by atoms with Gasteiger partial charge in [-0.15, -0.1) is 0 Å². The Balaban J connectivity index is 3.22. The number of aromatic nitrogens is 2. The van der Waals surface area contributed by atoms with Gasteiger partial charge in [-0.1, -0.05) is 0 Å². The maximum atomic E-state index is 12.3. The molecule has 0 fully saturated rings. The summed E-state index contributed by atoms with van der Waals surface area (Å²) in [6.45, 7) is -0.314. The molecule has 7 heteroatoms. The number of alkyl halides is 3. The zero-order valence-corrected chi connectivity index (χ0v) is 7.30. The predicted octanol–water partition coefficient (Wildman–Crippen LogP) is 0.963. The maximum Gasteiger partial charge on any atom is 0.435 e. The van der Waals surface area contributed by atoms with Gasteiger partial charge in [0.05, 0.1) is 19.0 Å². The maximum absolute atomic E-state index is 12.3. The minimum Gasteiger partial charge on any atom is -0.480 e. The van der Waals surface area contributed by atoms with E-state index in [0.717, 1.165) is 6.20 Å². The summed E-state index contributed by atoms with van der Waals surface area (Å²) in [6.07, 6.45) is -3.46. The second-order valence-electron chi connectivity index (χ2n) is 2.41. The quantitative estimate of drug-likeness (QED) is 0.784. The molecular formula is C7H8F3N3O. The van der Waals surface area contributed by atoms with Gasteiger partial charge in [0.1, 0.15) is 0 Å². The summed E-state index contributed by atoms with van der Waals surface area (Å²) in [5.74, 6) is -0.186. The van der Waals surface area contributed by atoms with Gasteiger partial charge in [0.2, 0.25) is 5.88 Å². The van der Waals surface area contributed by atoms with Crippen molar-refractivity contribution in [2.24, 2.45) is 5.73 Å². The minimum absolute atomic E-state index is 0.186. The molecule has 0 amide bonds. The summed E-state index contributed by atoms with van der Waals surface area (Å²) in [5, 5.41) is 0. The van der Waals surface area contributed by atoms with Crippen LogP contribution in [0, 0.1) is 0 Å². The van der Waals surface area contributed by atoms with E-state index < -0.39 is 11.9 Å². The summed E-state index contributed by atoms with van der Waals surface area (Å²) in [5.41, 5.74) is 3.70. The van der Waals surface area contributed by atoms with E-state index in [2.05, 4.69) is 14.7 Å². The number of nitrogens with zero attached hydrogens (tertiary/aromatic N) is 2. The first-order valence-corrected chi connectivity index (χ1v) is 3.66. The number of hydrogen-bond donors (Lipinski definition) is 1. The van der Waals surface area contributed by atoms with Gasteiger partial charge >= 0.3 is 6.18 Å². The molecule has 0 aromatic carbocycles. The summed E-state index contributed by atoms with van der Waals surface area (Å²) < 4.78 is 41.5. The van der Waals surface area contributed by atoms with Crippen LogP contribution in [0.25, 0.3) is 0 Å². The van der Waals surface area contributed by atoms with Crippen molar-refractivity contribution in [3.8, 4) is 5.88 Å². The first-order chi connectivity index (χ1) is 6.49. The smallest absolute Gasteiger partial charge is 0.435 e. The fourth-order valence-corrected chi connectivity index (χ4v) is 0.873. The van der Waals surface area contributed by atoms with Crippen LogP contribution in [0.3, 0.4) is 0 Å². The lowest BCUT2D eigenvalue weighted by Crippen LogP contribution is -2.16. The molecular weight excluding hydrogens is 199 g/mol. The molecule has 1 aromatic rings. The van der Waals surface area contributed by atoms with Gasteiger partial charge < -0.3 is 10.5 Å². The summed E-state index contributed by atoms with van der Waals surface area (Å²) >= 11 is 0. The first kappa shape index (κ1) is 10.7. The van der Waals surface area contributed by atoms with Crippen LogP contribution >= 0.6 is 0 Å². The normalized spacial score (nSPS) is 11.5. The van der Waals surface area contributed by atoms with Crippen LogP contribution in [-0.2, 0) is 12.7 Å². The van der Waals surface area contributed by atoms with E-state index in [4.69, 9.17) is 5.73 Å². The number of nitrogens with two attached hydrogens (primary N) is 1. The zero-order valence-electron chi connectivity index (χ0n) is 7.30. The highest BCUT2D eigenvalue weighted by atomic mass is 19.4. The molecule has 78 valence electrons. The van der Waals surface area contributed by atoms with Crippen LogP contribution in [0.5, 0.6) is 5.88 Å². The van der Waals surface area contributed by atoms with Crippen molar-refractivity contribution in [1.29, 1.82) is 0 Å². The highest BCUT2D eigenvalue weighted by molar-refractivity contribution is 5.19. The third kappa shape index (κ3) is 2.11. The molecule has 0 aliphatic rings. The average Bonchev–Trinajstić information content (AvgIpc) is 2.15. The number of hydrogen-bond acceptors (Lipinski definition) is 4. The number of rotatable bonds is 2. The van der Waals surface area contributed by atoms with Gasteiger partial charge in [-0.2, -0.15) is 13.2 Å². The molecule has 0 spiro atoms. The Hall–Kier alpha value is -1.37. The van der Waals surface area contributed by atoms with Crippen LogP contribution in [-0.4, -0.2) is 17.1 Å². The Morgan fingerprint density at radius 2 is 2.14 bits per heavy atom. The number of methoxy groups -OCH3 is 1. The Labute approximate surface area is 77.9 Å². The van der Waals surface area contributed by atoms with Crippen LogP contribution < -0.4 is 10.5 Å². The second kappa shape index (κ2) is 3.79. The lowest BCUT2D eigenvalue weighted by molar-refractivity contribution is -0.142. The predicted molar refractivity (Wildman–Crippen MR) is 41.5 cm³/mol. The Morgan fingerprint density at radius 3 is 2.57 bits per heavy atom. The molecule has 0 unspecified atom stereocenters. The summed E-state index contributed by atoms with van der Waals surface area (Å²) in [6, 6.07) is 0. The molecule has 0 saturated carbocycles. The highest BCUT2D eigenvalue weighted by Gasteiger charge is 2.36. The standard InChI is InChI=1S/C7H8F3N3O/c1-14-5-3-12-4(2-11)6(13-5)7(8,9)10/h3H,2,11H2,1H3. The van der Waals surface area contributed by atoms with Gasteiger partial charge in [-0.3, -0.25) is 4.98 Å². The third-order valence-corrected chi connectivity index (χ3v) is 1.50. The van der Waals surface area contributed by atoms with E-state index in [0.29, 0.717) is 0 Å². The monoisotopic (exact) mass is 207 g/mol. The fraction of sp³-hybridized carbons (Fsp3) is 0.429. The van der Waals surface area contributed by atoms with Crippen LogP contribution in [0.4, 0.5) is 13.2 Å². The molecule has 0 aliphatic carbocycles. The van der Waals surface area contributed by atoms with E-state index in [1.165, 1.54) is 7.11 Å². The number of ether oxygens (including phenoxy) is 1. The van der Waals surface area contributed by atoms with Crippen molar-refractivity contribution in [1.82, 2.24) is 9.97 Å². The van der Waals surface area contributed by atoms with Crippen LogP contribution in [0.1, 0.15) is 11.4 Å². The van der Waals surface area contributed by atoms with E-state index in [9.17, 15) is 13.2 Å². The Bertz CT molecular complexity index is 326. The minimum atomic E-state index is -4.56. The molecule has 0 atom stereocenters. The largest absolute Gasteiger partial charge is 0.480 e. The van der Waals surface area contributed by atoms with Gasteiger partial charge in [-0.05, 0) is 0 Å². The molecule has 1 heterocycles. The van der Waals surface area contributed by atoms with Crippen molar-refractivity contribution in [3.05, 3.63) is 17.6 Å². The van der Waals surface area contributed by atoms with Crippen molar-refractivity contribution in [2.75, 3.05) is 7.11 Å². The van der Waals surface area contributed by atoms with E-state index in [-0.39, 0.29) is 18.1 Å². The van der Waals surface area contributed by atoms with E-state index in [1.807, 2.05) is 0 Å². The molecule has 0 bridgehead atoms. The lowest BCUT2D eigenvalue weighted by atomic mass is 10.3. The summed E-state index contributed by atoms with van der Waals surface area (Å²) in [4.78, 5) is 6.75. The Morgan fingerprint density at radius 1 is 1.50 bits per heavy atom. The van der Waals surface area contributed by atoms with Crippen LogP contribution in [0.2, 0.25) is 0 Å². The molecule has 0 radical (unpaired) electrons. The van der Waals surface area contributed by atoms with E-state index in [1.54, 1.807) is 0 Å². The average molecular weight is 207 g/mol. The highest BCUT2D eigenvalue weighted by Crippen LogP contribution is 2.30. The fourth-order valence-electron chi connectivity index (χ4n) is 0.873. The summed E-state index contributed by atoms with van der Waals surface area (Å²) in [7, 11) is 1.21. The molecule has 1 rings (SSSR count). The lowest BCUT2D eigenvalue weighted by Gasteiger charge is -2.10.